The minimum absolute atomic E-state index is 0. The minimum atomic E-state index is -1.17. The van der Waals surface area contributed by atoms with Crippen LogP contribution in [0.1, 0.15) is 65.9 Å². The zero-order valence-electron chi connectivity index (χ0n) is 33.6. The molecule has 0 aromatic heterocycles. The van der Waals surface area contributed by atoms with Gasteiger partial charge in [0.2, 0.25) is 0 Å². The zero-order valence-corrected chi connectivity index (χ0v) is 33.6. The highest BCUT2D eigenvalue weighted by molar-refractivity contribution is 6.15. The molecule has 3 radical (unpaired) electrons. The topological polar surface area (TPSA) is 74.4 Å². The van der Waals surface area contributed by atoms with Gasteiger partial charge < -0.3 is 5.11 Å². The highest BCUT2D eigenvalue weighted by Crippen LogP contribution is 2.37. The SMILES string of the molecule is C.CC(=O)c1cccc2ccc(N=C(c3ccccc3)c3ccccc3)cc12.CC(O)(C1=CCC=N1)c1cccc2ccc(N=C(c3ccccc3)c3ccccc3)cc12.[B]. The number of hydrogen-bond acceptors (Lipinski definition) is 5. The van der Waals surface area contributed by atoms with E-state index in [-0.39, 0.29) is 21.6 Å². The zero-order chi connectivity index (χ0) is 40.6. The monoisotopic (exact) mass is 792 g/mol. The standard InChI is InChI=1S/C29H24N2O.C25H19NO.CH4.B/c1-29(32,27-16-9-19-30-27)26-15-8-14-21-17-18-24(20-25(21)26)31-28(22-10-4-2-5-11-22)23-12-6-3-7-13-23;1-18(27)23-14-8-13-19-15-16-22(17-24(19)23)26-25(20-9-4-2-5-10-20)21-11-6-3-7-12-21;;/h2-8,10-20,32H,9H2,1H3;2-17H,1H3;1H4;. The highest BCUT2D eigenvalue weighted by Gasteiger charge is 2.30. The van der Waals surface area contributed by atoms with Crippen molar-refractivity contribution in [2.24, 2.45) is 15.0 Å². The first-order chi connectivity index (χ1) is 28.8. The number of fused-ring (bicyclic) bond motifs is 2. The maximum Gasteiger partial charge on any atom is 0.160 e. The maximum atomic E-state index is 12.0. The molecule has 1 N–H and O–H groups in total. The van der Waals surface area contributed by atoms with Gasteiger partial charge in [0.15, 0.2) is 5.78 Å². The van der Waals surface area contributed by atoms with E-state index >= 15 is 0 Å². The first kappa shape index (κ1) is 43.3. The summed E-state index contributed by atoms with van der Waals surface area (Å²) < 4.78 is 0. The lowest BCUT2D eigenvalue weighted by molar-refractivity contribution is 0.0980. The van der Waals surface area contributed by atoms with E-state index in [0.29, 0.717) is 5.70 Å². The molecule has 1 aliphatic heterocycles. The molecule has 5 nitrogen and oxygen atoms in total. The second-order valence-electron chi connectivity index (χ2n) is 14.6. The number of nitrogens with zero attached hydrogens (tertiary/aromatic N) is 3. The molecular formula is C55H47BN3O2. The van der Waals surface area contributed by atoms with Gasteiger partial charge in [-0.15, -0.1) is 0 Å². The molecule has 0 fully saturated rings. The van der Waals surface area contributed by atoms with Crippen LogP contribution in [0.4, 0.5) is 11.4 Å². The largest absolute Gasteiger partial charge is 0.379 e. The number of benzene rings is 8. The number of allylic oxidation sites excluding steroid dienone is 1. The van der Waals surface area contributed by atoms with Crippen LogP contribution in [-0.4, -0.2) is 36.9 Å². The number of hydrogen-bond donors (Lipinski definition) is 1. The molecule has 1 atom stereocenters. The average Bonchev–Trinajstić information content (AvgIpc) is 3.85. The van der Waals surface area contributed by atoms with E-state index in [2.05, 4.69) is 71.7 Å². The predicted octanol–water partition coefficient (Wildman–Crippen LogP) is 13.0. The predicted molar refractivity (Wildman–Crippen MR) is 258 cm³/mol. The van der Waals surface area contributed by atoms with Crippen LogP contribution in [0.5, 0.6) is 0 Å². The average molecular weight is 793 g/mol. The molecule has 0 saturated heterocycles. The van der Waals surface area contributed by atoms with Gasteiger partial charge in [0.05, 0.1) is 28.5 Å². The van der Waals surface area contributed by atoms with Gasteiger partial charge in [-0.2, -0.15) is 0 Å². The molecule has 0 bridgehead atoms. The summed E-state index contributed by atoms with van der Waals surface area (Å²) in [6.07, 6.45) is 4.56. The second-order valence-corrected chi connectivity index (χ2v) is 14.6. The summed E-state index contributed by atoms with van der Waals surface area (Å²) >= 11 is 0. The van der Waals surface area contributed by atoms with Crippen LogP contribution in [0.15, 0.2) is 221 Å². The Morgan fingerprint density at radius 2 is 0.984 bits per heavy atom. The normalized spacial score (nSPS) is 12.4. The van der Waals surface area contributed by atoms with Crippen molar-refractivity contribution in [1.82, 2.24) is 0 Å². The number of rotatable bonds is 9. The van der Waals surface area contributed by atoms with Crippen molar-refractivity contribution in [3.8, 4) is 0 Å². The molecule has 1 heterocycles. The van der Waals surface area contributed by atoms with Gasteiger partial charge in [-0.05, 0) is 65.2 Å². The molecule has 0 amide bonds. The van der Waals surface area contributed by atoms with Gasteiger partial charge in [0.25, 0.3) is 0 Å². The smallest absolute Gasteiger partial charge is 0.160 e. The summed E-state index contributed by atoms with van der Waals surface area (Å²) in [4.78, 5) is 26.4. The van der Waals surface area contributed by atoms with Crippen molar-refractivity contribution >= 4 is 64.8 Å². The first-order valence-corrected chi connectivity index (χ1v) is 19.8. The fraction of sp³-hybridized carbons (Fsp3) is 0.0909. The number of aliphatic hydroxyl groups is 1. The Balaban J connectivity index is 0.000000200. The van der Waals surface area contributed by atoms with Crippen LogP contribution in [0.3, 0.4) is 0 Å². The van der Waals surface area contributed by atoms with Crippen molar-refractivity contribution in [2.45, 2.75) is 33.3 Å². The van der Waals surface area contributed by atoms with Crippen LogP contribution in [0, 0.1) is 0 Å². The van der Waals surface area contributed by atoms with Gasteiger partial charge in [0.1, 0.15) is 5.60 Å². The number of carbonyl (C=O) groups is 1. The van der Waals surface area contributed by atoms with Gasteiger partial charge in [-0.25, -0.2) is 9.98 Å². The summed E-state index contributed by atoms with van der Waals surface area (Å²) in [6.45, 7) is 3.41. The number of aliphatic imine (C=N–C) groups is 3. The summed E-state index contributed by atoms with van der Waals surface area (Å²) in [7, 11) is 0. The van der Waals surface area contributed by atoms with Crippen molar-refractivity contribution in [3.05, 3.63) is 239 Å². The third kappa shape index (κ3) is 9.79. The molecule has 61 heavy (non-hydrogen) atoms. The summed E-state index contributed by atoms with van der Waals surface area (Å²) in [5.41, 5.74) is 8.81. The van der Waals surface area contributed by atoms with Gasteiger partial charge >= 0.3 is 0 Å². The lowest BCUT2D eigenvalue weighted by Crippen LogP contribution is -2.23. The van der Waals surface area contributed by atoms with Crippen LogP contribution < -0.4 is 0 Å². The molecule has 0 saturated carbocycles. The molecule has 0 spiro atoms. The van der Waals surface area contributed by atoms with Crippen molar-refractivity contribution in [1.29, 1.82) is 0 Å². The molecule has 8 aromatic rings. The van der Waals surface area contributed by atoms with Crippen LogP contribution in [0.2, 0.25) is 0 Å². The van der Waals surface area contributed by atoms with Gasteiger partial charge in [-0.3, -0.25) is 9.79 Å². The van der Waals surface area contributed by atoms with Gasteiger partial charge in [0, 0.05) is 48.9 Å². The third-order valence-electron chi connectivity index (χ3n) is 10.5. The van der Waals surface area contributed by atoms with E-state index in [4.69, 9.17) is 9.98 Å². The molecular weight excluding hydrogens is 745 g/mol. The molecule has 1 aliphatic rings. The molecule has 297 valence electrons. The number of ketones is 1. The minimum Gasteiger partial charge on any atom is -0.379 e. The number of Topliss-reactive ketones (excluding diaryl/α,β-unsaturated/α-hetero) is 1. The van der Waals surface area contributed by atoms with Crippen molar-refractivity contribution < 1.29 is 9.90 Å². The van der Waals surface area contributed by atoms with Crippen LogP contribution in [0.25, 0.3) is 21.5 Å². The molecule has 0 aliphatic carbocycles. The van der Waals surface area contributed by atoms with E-state index in [9.17, 15) is 9.90 Å². The third-order valence-corrected chi connectivity index (χ3v) is 10.5. The second kappa shape index (κ2) is 19.7. The van der Waals surface area contributed by atoms with E-state index in [1.54, 1.807) is 6.92 Å². The van der Waals surface area contributed by atoms with Gasteiger partial charge in [-0.1, -0.05) is 183 Å². The highest BCUT2D eigenvalue weighted by atomic mass is 16.3. The van der Waals surface area contributed by atoms with Crippen molar-refractivity contribution in [3.63, 3.8) is 0 Å². The number of carbonyl (C=O) groups excluding carboxylic acids is 1. The van der Waals surface area contributed by atoms with E-state index in [1.165, 1.54) is 0 Å². The van der Waals surface area contributed by atoms with Crippen molar-refractivity contribution in [2.75, 3.05) is 0 Å². The molecule has 8 aromatic carbocycles. The Morgan fingerprint density at radius 3 is 1.41 bits per heavy atom. The quantitative estimate of drug-likeness (QED) is 0.0898. The van der Waals surface area contributed by atoms with Crippen LogP contribution >= 0.6 is 0 Å². The lowest BCUT2D eigenvalue weighted by atomic mass is 9.88. The van der Waals surface area contributed by atoms with E-state index in [0.717, 1.165) is 84.1 Å². The Kier molecular flexibility index (Phi) is 14.0. The molecule has 9 rings (SSSR count). The van der Waals surface area contributed by atoms with E-state index in [1.807, 2.05) is 147 Å². The lowest BCUT2D eigenvalue weighted by Gasteiger charge is -2.25. The Labute approximate surface area is 360 Å². The summed E-state index contributed by atoms with van der Waals surface area (Å²) in [6, 6.07) is 64.7. The summed E-state index contributed by atoms with van der Waals surface area (Å²) in [5, 5.41) is 15.4. The Bertz CT molecular complexity index is 2800. The first-order valence-electron chi connectivity index (χ1n) is 19.8. The fourth-order valence-electron chi connectivity index (χ4n) is 7.46. The maximum absolute atomic E-state index is 12.0. The van der Waals surface area contributed by atoms with E-state index < -0.39 is 5.60 Å². The molecule has 1 unspecified atom stereocenters. The fourth-order valence-corrected chi connectivity index (χ4v) is 7.46. The van der Waals surface area contributed by atoms with Crippen LogP contribution in [-0.2, 0) is 5.60 Å². The Morgan fingerprint density at radius 1 is 0.557 bits per heavy atom. The summed E-state index contributed by atoms with van der Waals surface area (Å²) in [5.74, 6) is 0.0630. The molecule has 6 heteroatoms. The Hall–Kier alpha value is -7.28.